The molecule has 0 fully saturated rings. The Labute approximate surface area is 130 Å². The fourth-order valence-electron chi connectivity index (χ4n) is 2.15. The molecule has 5 nitrogen and oxygen atoms in total. The number of hydrogen-bond donors (Lipinski definition) is 2. The van der Waals surface area contributed by atoms with Gasteiger partial charge in [-0.25, -0.2) is 4.98 Å². The van der Waals surface area contributed by atoms with Gasteiger partial charge in [0.15, 0.2) is 6.10 Å². The van der Waals surface area contributed by atoms with Crippen molar-refractivity contribution in [1.82, 2.24) is 14.9 Å². The zero-order valence-electron chi connectivity index (χ0n) is 12.6. The van der Waals surface area contributed by atoms with Crippen molar-refractivity contribution in [2.75, 3.05) is 0 Å². The highest BCUT2D eigenvalue weighted by Gasteiger charge is 2.12. The van der Waals surface area contributed by atoms with Crippen molar-refractivity contribution in [3.8, 4) is 0 Å². The summed E-state index contributed by atoms with van der Waals surface area (Å²) in [4.78, 5) is 15.9. The SMILES string of the molecule is CC=CC(O)C(=O)NCc1nccn1CCc1ccccc1. The maximum atomic E-state index is 11.7. The number of hydrogen-bond acceptors (Lipinski definition) is 3. The quantitative estimate of drug-likeness (QED) is 0.764. The Morgan fingerprint density at radius 1 is 1.41 bits per heavy atom. The number of nitrogens with zero attached hydrogens (tertiary/aromatic N) is 2. The smallest absolute Gasteiger partial charge is 0.253 e. The van der Waals surface area contributed by atoms with E-state index in [4.69, 9.17) is 0 Å². The van der Waals surface area contributed by atoms with Crippen molar-refractivity contribution in [1.29, 1.82) is 0 Å². The summed E-state index contributed by atoms with van der Waals surface area (Å²) in [6, 6.07) is 10.2. The third-order valence-electron chi connectivity index (χ3n) is 3.35. The van der Waals surface area contributed by atoms with Crippen LogP contribution in [0.3, 0.4) is 0 Å². The number of benzene rings is 1. The van der Waals surface area contributed by atoms with Gasteiger partial charge in [-0.15, -0.1) is 0 Å². The van der Waals surface area contributed by atoms with Crippen LogP contribution in [0.2, 0.25) is 0 Å². The lowest BCUT2D eigenvalue weighted by Crippen LogP contribution is -2.33. The molecule has 1 aromatic heterocycles. The number of aryl methyl sites for hydroxylation is 2. The second-order valence-corrected chi connectivity index (χ2v) is 4.96. The molecule has 1 unspecified atom stereocenters. The average molecular weight is 299 g/mol. The van der Waals surface area contributed by atoms with Crippen molar-refractivity contribution < 1.29 is 9.90 Å². The number of amides is 1. The number of carbonyl (C=O) groups is 1. The van der Waals surface area contributed by atoms with Crippen LogP contribution in [0.25, 0.3) is 0 Å². The van der Waals surface area contributed by atoms with Crippen LogP contribution in [0, 0.1) is 0 Å². The molecule has 22 heavy (non-hydrogen) atoms. The first-order chi connectivity index (χ1) is 10.7. The van der Waals surface area contributed by atoms with E-state index in [0.29, 0.717) is 6.54 Å². The summed E-state index contributed by atoms with van der Waals surface area (Å²) in [6.07, 6.45) is 6.49. The zero-order valence-corrected chi connectivity index (χ0v) is 12.6. The van der Waals surface area contributed by atoms with E-state index in [-0.39, 0.29) is 0 Å². The number of aromatic nitrogens is 2. The van der Waals surface area contributed by atoms with Crippen molar-refractivity contribution in [2.45, 2.75) is 32.5 Å². The van der Waals surface area contributed by atoms with Gasteiger partial charge in [-0.2, -0.15) is 0 Å². The van der Waals surface area contributed by atoms with Crippen molar-refractivity contribution in [3.05, 3.63) is 66.3 Å². The van der Waals surface area contributed by atoms with Crippen LogP contribution < -0.4 is 5.32 Å². The summed E-state index contributed by atoms with van der Waals surface area (Å²) in [7, 11) is 0. The van der Waals surface area contributed by atoms with Gasteiger partial charge in [-0.1, -0.05) is 42.5 Å². The predicted octanol–water partition coefficient (Wildman–Crippen LogP) is 1.68. The monoisotopic (exact) mass is 299 g/mol. The highest BCUT2D eigenvalue weighted by Crippen LogP contribution is 2.04. The van der Waals surface area contributed by atoms with Crippen LogP contribution in [0.5, 0.6) is 0 Å². The van der Waals surface area contributed by atoms with Crippen molar-refractivity contribution in [2.24, 2.45) is 0 Å². The van der Waals surface area contributed by atoms with Gasteiger partial charge in [0, 0.05) is 18.9 Å². The molecule has 1 heterocycles. The molecule has 1 atom stereocenters. The Morgan fingerprint density at radius 3 is 2.91 bits per heavy atom. The molecule has 0 aliphatic carbocycles. The van der Waals surface area contributed by atoms with Gasteiger partial charge in [-0.3, -0.25) is 4.79 Å². The number of rotatable bonds is 7. The molecule has 2 rings (SSSR count). The lowest BCUT2D eigenvalue weighted by molar-refractivity contribution is -0.127. The zero-order chi connectivity index (χ0) is 15.8. The van der Waals surface area contributed by atoms with E-state index >= 15 is 0 Å². The van der Waals surface area contributed by atoms with E-state index in [1.165, 1.54) is 11.6 Å². The summed E-state index contributed by atoms with van der Waals surface area (Å²) >= 11 is 0. The molecule has 2 aromatic rings. The van der Waals surface area contributed by atoms with Gasteiger partial charge in [0.2, 0.25) is 0 Å². The minimum atomic E-state index is -1.11. The molecule has 0 radical (unpaired) electrons. The number of imidazole rings is 1. The highest BCUT2D eigenvalue weighted by atomic mass is 16.3. The normalized spacial score (nSPS) is 12.5. The van der Waals surface area contributed by atoms with Crippen LogP contribution >= 0.6 is 0 Å². The first kappa shape index (κ1) is 16.0. The molecule has 0 saturated carbocycles. The lowest BCUT2D eigenvalue weighted by Gasteiger charge is -2.10. The van der Waals surface area contributed by atoms with Crippen LogP contribution in [0.4, 0.5) is 0 Å². The maximum Gasteiger partial charge on any atom is 0.253 e. The number of aliphatic hydroxyl groups excluding tert-OH is 1. The van der Waals surface area contributed by atoms with Crippen LogP contribution in [-0.2, 0) is 24.3 Å². The fraction of sp³-hybridized carbons (Fsp3) is 0.294. The Kier molecular flexibility index (Phi) is 5.91. The van der Waals surface area contributed by atoms with E-state index in [1.807, 2.05) is 29.0 Å². The predicted molar refractivity (Wildman–Crippen MR) is 85.0 cm³/mol. The maximum absolute atomic E-state index is 11.7. The van der Waals surface area contributed by atoms with E-state index in [2.05, 4.69) is 22.4 Å². The van der Waals surface area contributed by atoms with E-state index in [1.54, 1.807) is 19.2 Å². The Hall–Kier alpha value is -2.40. The third-order valence-corrected chi connectivity index (χ3v) is 3.35. The van der Waals surface area contributed by atoms with Gasteiger partial charge >= 0.3 is 0 Å². The second-order valence-electron chi connectivity index (χ2n) is 4.96. The van der Waals surface area contributed by atoms with Crippen LogP contribution in [-0.4, -0.2) is 26.7 Å². The first-order valence-corrected chi connectivity index (χ1v) is 7.33. The molecule has 0 aliphatic heterocycles. The van der Waals surface area contributed by atoms with Crippen LogP contribution in [0.15, 0.2) is 54.9 Å². The molecule has 0 bridgehead atoms. The Morgan fingerprint density at radius 2 is 2.18 bits per heavy atom. The average Bonchev–Trinajstić information content (AvgIpc) is 2.99. The van der Waals surface area contributed by atoms with Gasteiger partial charge in [0.1, 0.15) is 5.82 Å². The van der Waals surface area contributed by atoms with E-state index < -0.39 is 12.0 Å². The molecule has 1 aromatic carbocycles. The van der Waals surface area contributed by atoms with Crippen molar-refractivity contribution >= 4 is 5.91 Å². The summed E-state index contributed by atoms with van der Waals surface area (Å²) in [5.41, 5.74) is 1.26. The highest BCUT2D eigenvalue weighted by molar-refractivity contribution is 5.82. The summed E-state index contributed by atoms with van der Waals surface area (Å²) in [5, 5.41) is 12.2. The third kappa shape index (κ3) is 4.56. The first-order valence-electron chi connectivity index (χ1n) is 7.33. The second kappa shape index (κ2) is 8.14. The molecule has 0 saturated heterocycles. The lowest BCUT2D eigenvalue weighted by atomic mass is 10.1. The summed E-state index contributed by atoms with van der Waals surface area (Å²) < 4.78 is 2.01. The molecular formula is C17H21N3O2. The van der Waals surface area contributed by atoms with Crippen molar-refractivity contribution in [3.63, 3.8) is 0 Å². The van der Waals surface area contributed by atoms with Crippen LogP contribution in [0.1, 0.15) is 18.3 Å². The summed E-state index contributed by atoms with van der Waals surface area (Å²) in [5.74, 6) is 0.354. The molecule has 2 N–H and O–H groups in total. The standard InChI is InChI=1S/C17H21N3O2/c1-2-6-15(21)17(22)19-13-16-18-10-12-20(16)11-9-14-7-4-3-5-8-14/h2-8,10,12,15,21H,9,11,13H2,1H3,(H,19,22). The number of nitrogens with one attached hydrogen (secondary N) is 1. The van der Waals surface area contributed by atoms with E-state index in [0.717, 1.165) is 18.8 Å². The molecule has 0 spiro atoms. The molecule has 5 heteroatoms. The molecule has 1 amide bonds. The Bertz CT molecular complexity index is 620. The largest absolute Gasteiger partial charge is 0.379 e. The number of carbonyl (C=O) groups excluding carboxylic acids is 1. The Balaban J connectivity index is 1.88. The molecule has 116 valence electrons. The minimum absolute atomic E-state index is 0.301. The van der Waals surface area contributed by atoms with Gasteiger partial charge < -0.3 is 15.0 Å². The topological polar surface area (TPSA) is 67.2 Å². The number of allylic oxidation sites excluding steroid dienone is 1. The number of aliphatic hydroxyl groups is 1. The molecular weight excluding hydrogens is 278 g/mol. The van der Waals surface area contributed by atoms with Gasteiger partial charge in [0.05, 0.1) is 6.54 Å². The molecule has 0 aliphatic rings. The van der Waals surface area contributed by atoms with Gasteiger partial charge in [0.25, 0.3) is 5.91 Å². The van der Waals surface area contributed by atoms with E-state index in [9.17, 15) is 9.90 Å². The van der Waals surface area contributed by atoms with Gasteiger partial charge in [-0.05, 0) is 18.9 Å². The summed E-state index contributed by atoms with van der Waals surface area (Å²) in [6.45, 7) is 2.86. The fourth-order valence-corrected chi connectivity index (χ4v) is 2.15. The minimum Gasteiger partial charge on any atom is -0.379 e.